The molecular formula is C16H23N3O3. The summed E-state index contributed by atoms with van der Waals surface area (Å²) < 4.78 is 0. The normalized spacial score (nSPS) is 28.5. The van der Waals surface area contributed by atoms with Crippen LogP contribution >= 0.6 is 0 Å². The fourth-order valence-electron chi connectivity index (χ4n) is 4.02. The number of aryl methyl sites for hydroxylation is 1. The summed E-state index contributed by atoms with van der Waals surface area (Å²) in [7, 11) is 0. The van der Waals surface area contributed by atoms with E-state index in [1.165, 1.54) is 12.5 Å². The standard InChI is InChI=1S/C16H23N3O3/c1-2-11-8-15(20)18-14(17-11)9-19-12-6-4-3-5-10(12)7-13(19)16(21)22/h8,10,12-13H,2-7,9H2,1H3,(H,21,22)(H,17,18,20). The van der Waals surface area contributed by atoms with E-state index in [1.54, 1.807) is 0 Å². The fourth-order valence-corrected chi connectivity index (χ4v) is 4.02. The molecule has 6 heteroatoms. The first-order chi connectivity index (χ1) is 10.6. The van der Waals surface area contributed by atoms with E-state index in [9.17, 15) is 14.7 Å². The summed E-state index contributed by atoms with van der Waals surface area (Å²) in [6.07, 6.45) is 5.93. The van der Waals surface area contributed by atoms with Crippen LogP contribution in [0.25, 0.3) is 0 Å². The number of hydrogen-bond acceptors (Lipinski definition) is 4. The van der Waals surface area contributed by atoms with E-state index in [0.717, 1.165) is 31.4 Å². The second-order valence-corrected chi connectivity index (χ2v) is 6.41. The zero-order chi connectivity index (χ0) is 15.7. The molecule has 120 valence electrons. The molecular weight excluding hydrogens is 282 g/mol. The van der Waals surface area contributed by atoms with Crippen molar-refractivity contribution in [2.45, 2.75) is 64.1 Å². The summed E-state index contributed by atoms with van der Waals surface area (Å²) >= 11 is 0. The molecule has 1 saturated heterocycles. The van der Waals surface area contributed by atoms with Crippen molar-refractivity contribution >= 4 is 5.97 Å². The van der Waals surface area contributed by atoms with Gasteiger partial charge in [-0.2, -0.15) is 0 Å². The Labute approximate surface area is 129 Å². The second kappa shape index (κ2) is 6.20. The van der Waals surface area contributed by atoms with E-state index in [-0.39, 0.29) is 5.56 Å². The first-order valence-electron chi connectivity index (χ1n) is 8.16. The number of aliphatic carboxylic acids is 1. The summed E-state index contributed by atoms with van der Waals surface area (Å²) in [5.41, 5.74) is 0.595. The molecule has 1 aromatic rings. The van der Waals surface area contributed by atoms with Gasteiger partial charge in [0.25, 0.3) is 5.56 Å². The van der Waals surface area contributed by atoms with E-state index in [4.69, 9.17) is 0 Å². The van der Waals surface area contributed by atoms with Crippen LogP contribution in [0.3, 0.4) is 0 Å². The van der Waals surface area contributed by atoms with Gasteiger partial charge in [-0.1, -0.05) is 19.8 Å². The summed E-state index contributed by atoms with van der Waals surface area (Å²) in [6.45, 7) is 2.37. The number of H-pyrrole nitrogens is 1. The van der Waals surface area contributed by atoms with Gasteiger partial charge in [-0.15, -0.1) is 0 Å². The number of carboxylic acids is 1. The van der Waals surface area contributed by atoms with E-state index < -0.39 is 12.0 Å². The molecule has 3 atom stereocenters. The summed E-state index contributed by atoms with van der Waals surface area (Å²) in [4.78, 5) is 32.6. The Balaban J connectivity index is 1.86. The Morgan fingerprint density at radius 2 is 2.23 bits per heavy atom. The van der Waals surface area contributed by atoms with Crippen molar-refractivity contribution in [3.05, 3.63) is 27.9 Å². The number of likely N-dealkylation sites (tertiary alicyclic amines) is 1. The number of carbonyl (C=O) groups is 1. The van der Waals surface area contributed by atoms with Gasteiger partial charge in [0, 0.05) is 17.8 Å². The van der Waals surface area contributed by atoms with Crippen molar-refractivity contribution in [2.75, 3.05) is 0 Å². The molecule has 6 nitrogen and oxygen atoms in total. The highest BCUT2D eigenvalue weighted by atomic mass is 16.4. The molecule has 1 aliphatic carbocycles. The summed E-state index contributed by atoms with van der Waals surface area (Å²) in [5, 5.41) is 9.53. The van der Waals surface area contributed by atoms with Gasteiger partial charge in [0.05, 0.1) is 6.54 Å². The number of aromatic nitrogens is 2. The minimum atomic E-state index is -0.761. The molecule has 1 saturated carbocycles. The number of rotatable bonds is 4. The van der Waals surface area contributed by atoms with Crippen LogP contribution in [0.15, 0.2) is 10.9 Å². The van der Waals surface area contributed by atoms with E-state index in [0.29, 0.717) is 30.7 Å². The average Bonchev–Trinajstić information content (AvgIpc) is 2.86. The predicted molar refractivity (Wildman–Crippen MR) is 81.6 cm³/mol. The highest BCUT2D eigenvalue weighted by molar-refractivity contribution is 5.74. The van der Waals surface area contributed by atoms with Gasteiger partial charge in [0.2, 0.25) is 0 Å². The quantitative estimate of drug-likeness (QED) is 0.881. The molecule has 0 spiro atoms. The number of aromatic amines is 1. The highest BCUT2D eigenvalue weighted by Gasteiger charge is 2.45. The van der Waals surface area contributed by atoms with Crippen LogP contribution in [0.1, 0.15) is 50.5 Å². The molecule has 3 rings (SSSR count). The lowest BCUT2D eigenvalue weighted by Gasteiger charge is -2.32. The van der Waals surface area contributed by atoms with Crippen molar-refractivity contribution in [1.82, 2.24) is 14.9 Å². The molecule has 0 bridgehead atoms. The van der Waals surface area contributed by atoms with Crippen molar-refractivity contribution in [3.63, 3.8) is 0 Å². The second-order valence-electron chi connectivity index (χ2n) is 6.41. The van der Waals surface area contributed by atoms with Gasteiger partial charge in [-0.3, -0.25) is 14.5 Å². The van der Waals surface area contributed by atoms with Crippen molar-refractivity contribution in [3.8, 4) is 0 Å². The minimum absolute atomic E-state index is 0.159. The molecule has 0 amide bonds. The SMILES string of the molecule is CCc1cc(=O)[nH]c(CN2C(C(=O)O)CC3CCCCC32)n1. The van der Waals surface area contributed by atoms with Gasteiger partial charge in [0.1, 0.15) is 11.9 Å². The maximum absolute atomic E-state index is 11.7. The van der Waals surface area contributed by atoms with Crippen LogP contribution in [0, 0.1) is 5.92 Å². The summed E-state index contributed by atoms with van der Waals surface area (Å²) in [5.74, 6) is 0.293. The Morgan fingerprint density at radius 3 is 2.95 bits per heavy atom. The topological polar surface area (TPSA) is 86.3 Å². The fraction of sp³-hybridized carbons (Fsp3) is 0.688. The van der Waals surface area contributed by atoms with Crippen LogP contribution in [0.2, 0.25) is 0 Å². The molecule has 2 aliphatic rings. The minimum Gasteiger partial charge on any atom is -0.480 e. The average molecular weight is 305 g/mol. The van der Waals surface area contributed by atoms with Crippen LogP contribution in [0.5, 0.6) is 0 Å². The van der Waals surface area contributed by atoms with Crippen molar-refractivity contribution in [1.29, 1.82) is 0 Å². The van der Waals surface area contributed by atoms with Gasteiger partial charge in [-0.25, -0.2) is 4.98 Å². The third-order valence-corrected chi connectivity index (χ3v) is 5.04. The maximum Gasteiger partial charge on any atom is 0.320 e. The number of fused-ring (bicyclic) bond motifs is 1. The Hall–Kier alpha value is -1.69. The first-order valence-corrected chi connectivity index (χ1v) is 8.16. The van der Waals surface area contributed by atoms with Crippen LogP contribution < -0.4 is 5.56 Å². The van der Waals surface area contributed by atoms with E-state index in [2.05, 4.69) is 9.97 Å². The van der Waals surface area contributed by atoms with Crippen LogP contribution in [0.4, 0.5) is 0 Å². The molecule has 3 unspecified atom stereocenters. The lowest BCUT2D eigenvalue weighted by Crippen LogP contribution is -2.42. The Bertz CT molecular complexity index is 613. The number of nitrogens with one attached hydrogen (secondary N) is 1. The van der Waals surface area contributed by atoms with Gasteiger partial charge >= 0.3 is 5.97 Å². The third kappa shape index (κ3) is 2.92. The van der Waals surface area contributed by atoms with E-state index in [1.807, 2.05) is 11.8 Å². The van der Waals surface area contributed by atoms with Gasteiger partial charge in [-0.05, 0) is 31.6 Å². The molecule has 2 N–H and O–H groups in total. The van der Waals surface area contributed by atoms with E-state index >= 15 is 0 Å². The Morgan fingerprint density at radius 1 is 1.45 bits per heavy atom. The predicted octanol–water partition coefficient (Wildman–Crippen LogP) is 1.55. The first kappa shape index (κ1) is 15.2. The lowest BCUT2D eigenvalue weighted by atomic mass is 9.85. The largest absolute Gasteiger partial charge is 0.480 e. The highest BCUT2D eigenvalue weighted by Crippen LogP contribution is 2.40. The molecule has 1 aliphatic heterocycles. The van der Waals surface area contributed by atoms with Gasteiger partial charge < -0.3 is 10.1 Å². The number of carboxylic acid groups (broad SMARTS) is 1. The molecule has 0 radical (unpaired) electrons. The van der Waals surface area contributed by atoms with Crippen molar-refractivity contribution in [2.24, 2.45) is 5.92 Å². The zero-order valence-electron chi connectivity index (χ0n) is 12.9. The maximum atomic E-state index is 11.7. The molecule has 2 fully saturated rings. The smallest absolute Gasteiger partial charge is 0.320 e. The number of nitrogens with zero attached hydrogens (tertiary/aromatic N) is 2. The van der Waals surface area contributed by atoms with Gasteiger partial charge in [0.15, 0.2) is 0 Å². The zero-order valence-corrected chi connectivity index (χ0v) is 12.9. The number of hydrogen-bond donors (Lipinski definition) is 2. The molecule has 2 heterocycles. The Kier molecular flexibility index (Phi) is 4.29. The molecule has 1 aromatic heterocycles. The van der Waals surface area contributed by atoms with Crippen molar-refractivity contribution < 1.29 is 9.90 Å². The molecule has 0 aromatic carbocycles. The van der Waals surface area contributed by atoms with Crippen LogP contribution in [-0.4, -0.2) is 38.0 Å². The lowest BCUT2D eigenvalue weighted by molar-refractivity contribution is -0.143. The molecule has 22 heavy (non-hydrogen) atoms. The third-order valence-electron chi connectivity index (χ3n) is 5.04. The monoisotopic (exact) mass is 305 g/mol. The van der Waals surface area contributed by atoms with Crippen LogP contribution in [-0.2, 0) is 17.8 Å². The summed E-state index contributed by atoms with van der Waals surface area (Å²) in [6, 6.07) is 1.36.